The summed E-state index contributed by atoms with van der Waals surface area (Å²) in [6.45, 7) is 6.89. The van der Waals surface area contributed by atoms with E-state index in [1.54, 1.807) is 0 Å². The van der Waals surface area contributed by atoms with Crippen molar-refractivity contribution in [1.29, 1.82) is 0 Å². The normalized spacial score (nSPS) is 20.3. The van der Waals surface area contributed by atoms with Crippen LogP contribution in [0.25, 0.3) is 0 Å². The number of nitrogens with zero attached hydrogens (tertiary/aromatic N) is 1. The standard InChI is InChI=1S/C11H24N2/c1-4-10(2)13(3)9-8-12-11-6-5-7-11/h10-12H,4-9H2,1-3H3. The molecular formula is C11H24N2. The monoisotopic (exact) mass is 184 g/mol. The molecule has 0 aromatic carbocycles. The smallest absolute Gasteiger partial charge is 0.0107 e. The summed E-state index contributed by atoms with van der Waals surface area (Å²) in [5, 5.41) is 3.59. The van der Waals surface area contributed by atoms with Gasteiger partial charge in [-0.2, -0.15) is 0 Å². The predicted molar refractivity (Wildman–Crippen MR) is 58.0 cm³/mol. The SMILES string of the molecule is CCC(C)N(C)CCNC1CCC1. The molecule has 0 aromatic rings. The molecule has 0 radical (unpaired) electrons. The Morgan fingerprint density at radius 3 is 2.62 bits per heavy atom. The lowest BCUT2D eigenvalue weighted by atomic mass is 9.93. The highest BCUT2D eigenvalue weighted by Crippen LogP contribution is 2.17. The van der Waals surface area contributed by atoms with Crippen LogP contribution in [0.3, 0.4) is 0 Å². The second kappa shape index (κ2) is 5.61. The second-order valence-corrected chi connectivity index (χ2v) is 4.32. The molecule has 0 aliphatic heterocycles. The first-order valence-electron chi connectivity index (χ1n) is 5.67. The molecule has 13 heavy (non-hydrogen) atoms. The Hall–Kier alpha value is -0.0800. The van der Waals surface area contributed by atoms with E-state index in [0.717, 1.165) is 18.6 Å². The lowest BCUT2D eigenvalue weighted by molar-refractivity contribution is 0.238. The third-order valence-corrected chi connectivity index (χ3v) is 3.35. The van der Waals surface area contributed by atoms with Gasteiger partial charge < -0.3 is 10.2 Å². The molecule has 0 spiro atoms. The van der Waals surface area contributed by atoms with E-state index in [4.69, 9.17) is 0 Å². The van der Waals surface area contributed by atoms with Gasteiger partial charge in [-0.3, -0.25) is 0 Å². The van der Waals surface area contributed by atoms with Crippen molar-refractivity contribution in [1.82, 2.24) is 10.2 Å². The Balaban J connectivity index is 1.97. The minimum Gasteiger partial charge on any atom is -0.313 e. The summed E-state index contributed by atoms with van der Waals surface area (Å²) in [7, 11) is 2.22. The maximum atomic E-state index is 3.59. The molecule has 0 aromatic heterocycles. The molecular weight excluding hydrogens is 160 g/mol. The molecule has 1 rings (SSSR count). The van der Waals surface area contributed by atoms with Gasteiger partial charge in [-0.05, 0) is 33.2 Å². The number of hydrogen-bond acceptors (Lipinski definition) is 2. The average molecular weight is 184 g/mol. The predicted octanol–water partition coefficient (Wildman–Crippen LogP) is 1.86. The van der Waals surface area contributed by atoms with E-state index in [0.29, 0.717) is 0 Å². The van der Waals surface area contributed by atoms with Crippen LogP contribution in [0.15, 0.2) is 0 Å². The zero-order chi connectivity index (χ0) is 9.68. The molecule has 1 atom stereocenters. The van der Waals surface area contributed by atoms with E-state index in [1.807, 2.05) is 0 Å². The maximum absolute atomic E-state index is 3.59. The Morgan fingerprint density at radius 1 is 1.46 bits per heavy atom. The third kappa shape index (κ3) is 3.65. The van der Waals surface area contributed by atoms with Crippen LogP contribution in [0.2, 0.25) is 0 Å². The van der Waals surface area contributed by atoms with Crippen LogP contribution in [-0.4, -0.2) is 37.1 Å². The Labute approximate surface area is 82.7 Å². The fourth-order valence-electron chi connectivity index (χ4n) is 1.59. The summed E-state index contributed by atoms with van der Waals surface area (Å²) < 4.78 is 0. The van der Waals surface area contributed by atoms with Crippen molar-refractivity contribution >= 4 is 0 Å². The Kier molecular flexibility index (Phi) is 4.74. The average Bonchev–Trinajstić information content (AvgIpc) is 2.07. The van der Waals surface area contributed by atoms with Crippen LogP contribution in [-0.2, 0) is 0 Å². The molecule has 78 valence electrons. The molecule has 2 nitrogen and oxygen atoms in total. The first kappa shape index (κ1) is 11.0. The number of nitrogens with one attached hydrogen (secondary N) is 1. The second-order valence-electron chi connectivity index (χ2n) is 4.32. The van der Waals surface area contributed by atoms with E-state index in [2.05, 4.69) is 31.1 Å². The number of rotatable bonds is 6. The first-order valence-corrected chi connectivity index (χ1v) is 5.67. The van der Waals surface area contributed by atoms with Crippen molar-refractivity contribution in [3.63, 3.8) is 0 Å². The highest BCUT2D eigenvalue weighted by atomic mass is 15.1. The topological polar surface area (TPSA) is 15.3 Å². The van der Waals surface area contributed by atoms with Gasteiger partial charge in [0, 0.05) is 25.2 Å². The van der Waals surface area contributed by atoms with Gasteiger partial charge in [0.15, 0.2) is 0 Å². The molecule has 1 saturated carbocycles. The fourth-order valence-corrected chi connectivity index (χ4v) is 1.59. The van der Waals surface area contributed by atoms with Crippen LogP contribution >= 0.6 is 0 Å². The summed E-state index contributed by atoms with van der Waals surface area (Å²) in [5.74, 6) is 0. The lowest BCUT2D eigenvalue weighted by Crippen LogP contribution is -2.41. The van der Waals surface area contributed by atoms with Crippen molar-refractivity contribution < 1.29 is 0 Å². The van der Waals surface area contributed by atoms with Crippen LogP contribution < -0.4 is 5.32 Å². The highest BCUT2D eigenvalue weighted by molar-refractivity contribution is 4.76. The first-order chi connectivity index (χ1) is 6.24. The molecule has 1 fully saturated rings. The number of hydrogen-bond donors (Lipinski definition) is 1. The van der Waals surface area contributed by atoms with Crippen molar-refractivity contribution in [2.24, 2.45) is 0 Å². The fraction of sp³-hybridized carbons (Fsp3) is 1.00. The summed E-state index contributed by atoms with van der Waals surface area (Å²) in [4.78, 5) is 2.44. The molecule has 2 heteroatoms. The molecule has 1 aliphatic rings. The van der Waals surface area contributed by atoms with Crippen molar-refractivity contribution in [2.75, 3.05) is 20.1 Å². The highest BCUT2D eigenvalue weighted by Gasteiger charge is 2.16. The molecule has 1 aliphatic carbocycles. The van der Waals surface area contributed by atoms with E-state index < -0.39 is 0 Å². The van der Waals surface area contributed by atoms with Gasteiger partial charge in [-0.15, -0.1) is 0 Å². The van der Waals surface area contributed by atoms with Crippen LogP contribution in [0.4, 0.5) is 0 Å². The molecule has 0 amide bonds. The van der Waals surface area contributed by atoms with Crippen molar-refractivity contribution in [3.05, 3.63) is 0 Å². The quantitative estimate of drug-likeness (QED) is 0.678. The summed E-state index contributed by atoms with van der Waals surface area (Å²) in [5.41, 5.74) is 0. The van der Waals surface area contributed by atoms with Crippen LogP contribution in [0.1, 0.15) is 39.5 Å². The molecule has 1 unspecified atom stereocenters. The minimum atomic E-state index is 0.725. The molecule has 0 heterocycles. The zero-order valence-electron chi connectivity index (χ0n) is 9.34. The van der Waals surface area contributed by atoms with Crippen molar-refractivity contribution in [2.45, 2.75) is 51.6 Å². The van der Waals surface area contributed by atoms with E-state index in [-0.39, 0.29) is 0 Å². The van der Waals surface area contributed by atoms with E-state index in [9.17, 15) is 0 Å². The largest absolute Gasteiger partial charge is 0.313 e. The number of likely N-dealkylation sites (N-methyl/N-ethyl adjacent to an activating group) is 1. The molecule has 0 bridgehead atoms. The molecule has 0 saturated heterocycles. The summed E-state index contributed by atoms with van der Waals surface area (Å²) in [6.07, 6.45) is 5.47. The summed E-state index contributed by atoms with van der Waals surface area (Å²) >= 11 is 0. The lowest BCUT2D eigenvalue weighted by Gasteiger charge is -2.29. The van der Waals surface area contributed by atoms with Crippen LogP contribution in [0, 0.1) is 0 Å². The Morgan fingerprint density at radius 2 is 2.15 bits per heavy atom. The van der Waals surface area contributed by atoms with Gasteiger partial charge in [0.05, 0.1) is 0 Å². The summed E-state index contributed by atoms with van der Waals surface area (Å²) in [6, 6.07) is 1.56. The van der Waals surface area contributed by atoms with Gasteiger partial charge in [0.25, 0.3) is 0 Å². The van der Waals surface area contributed by atoms with Gasteiger partial charge in [-0.1, -0.05) is 13.3 Å². The zero-order valence-corrected chi connectivity index (χ0v) is 9.34. The van der Waals surface area contributed by atoms with Gasteiger partial charge in [0.2, 0.25) is 0 Å². The van der Waals surface area contributed by atoms with E-state index in [1.165, 1.54) is 32.2 Å². The van der Waals surface area contributed by atoms with Gasteiger partial charge in [0.1, 0.15) is 0 Å². The third-order valence-electron chi connectivity index (χ3n) is 3.35. The van der Waals surface area contributed by atoms with E-state index >= 15 is 0 Å². The van der Waals surface area contributed by atoms with Crippen LogP contribution in [0.5, 0.6) is 0 Å². The van der Waals surface area contributed by atoms with Crippen molar-refractivity contribution in [3.8, 4) is 0 Å². The molecule has 1 N–H and O–H groups in total. The minimum absolute atomic E-state index is 0.725. The Bertz CT molecular complexity index is 132. The maximum Gasteiger partial charge on any atom is 0.0107 e. The van der Waals surface area contributed by atoms with Gasteiger partial charge in [-0.25, -0.2) is 0 Å². The van der Waals surface area contributed by atoms with Gasteiger partial charge >= 0.3 is 0 Å².